The number of ether oxygens (including phenoxy) is 1. The first-order chi connectivity index (χ1) is 14.0. The predicted octanol–water partition coefficient (Wildman–Crippen LogP) is 5.61. The number of rotatable bonds is 8. The summed E-state index contributed by atoms with van der Waals surface area (Å²) >= 11 is 1.50. The highest BCUT2D eigenvalue weighted by atomic mass is 32.1. The van der Waals surface area contributed by atoms with Crippen LogP contribution in [0.15, 0.2) is 53.9 Å². The van der Waals surface area contributed by atoms with E-state index in [1.807, 2.05) is 50.4 Å². The summed E-state index contributed by atoms with van der Waals surface area (Å²) in [5.41, 5.74) is 1.94. The zero-order valence-electron chi connectivity index (χ0n) is 16.9. The van der Waals surface area contributed by atoms with E-state index >= 15 is 0 Å². The van der Waals surface area contributed by atoms with Crippen molar-refractivity contribution in [3.05, 3.63) is 81.6 Å². The molecule has 0 aliphatic rings. The van der Waals surface area contributed by atoms with E-state index < -0.39 is 5.82 Å². The molecule has 4 nitrogen and oxygen atoms in total. The van der Waals surface area contributed by atoms with Gasteiger partial charge in [0.1, 0.15) is 23.2 Å². The van der Waals surface area contributed by atoms with Crippen molar-refractivity contribution in [1.82, 2.24) is 9.88 Å². The van der Waals surface area contributed by atoms with Gasteiger partial charge in [-0.3, -0.25) is 4.79 Å². The lowest BCUT2D eigenvalue weighted by Crippen LogP contribution is -2.38. The van der Waals surface area contributed by atoms with Gasteiger partial charge in [0, 0.05) is 11.4 Å². The van der Waals surface area contributed by atoms with Crippen LogP contribution in [0.1, 0.15) is 46.9 Å². The van der Waals surface area contributed by atoms with E-state index in [9.17, 15) is 9.18 Å². The van der Waals surface area contributed by atoms with Crippen molar-refractivity contribution in [2.75, 3.05) is 0 Å². The lowest BCUT2D eigenvalue weighted by molar-refractivity contribution is 0.0664. The summed E-state index contributed by atoms with van der Waals surface area (Å²) in [5.74, 6) is 0.0137. The quantitative estimate of drug-likeness (QED) is 0.483. The maximum atomic E-state index is 14.1. The monoisotopic (exact) mass is 412 g/mol. The molecule has 0 bridgehead atoms. The lowest BCUT2D eigenvalue weighted by atomic mass is 10.1. The van der Waals surface area contributed by atoms with E-state index in [1.54, 1.807) is 17.0 Å². The van der Waals surface area contributed by atoms with Crippen LogP contribution < -0.4 is 4.74 Å². The van der Waals surface area contributed by atoms with E-state index in [1.165, 1.54) is 23.5 Å². The second-order valence-corrected chi connectivity index (χ2v) is 7.90. The van der Waals surface area contributed by atoms with Crippen LogP contribution in [0.2, 0.25) is 0 Å². The fourth-order valence-corrected chi connectivity index (χ4v) is 3.65. The van der Waals surface area contributed by atoms with Crippen LogP contribution in [0.3, 0.4) is 0 Å². The number of thiazole rings is 1. The van der Waals surface area contributed by atoms with Gasteiger partial charge < -0.3 is 9.64 Å². The van der Waals surface area contributed by atoms with Gasteiger partial charge in [0.15, 0.2) is 0 Å². The molecule has 0 unspecified atom stereocenters. The molecular formula is C23H25FN2O2S. The Labute approximate surface area is 175 Å². The zero-order chi connectivity index (χ0) is 20.8. The maximum absolute atomic E-state index is 14.1. The van der Waals surface area contributed by atoms with Gasteiger partial charge in [-0.25, -0.2) is 9.37 Å². The van der Waals surface area contributed by atoms with E-state index in [4.69, 9.17) is 4.74 Å². The lowest BCUT2D eigenvalue weighted by Gasteiger charge is -2.28. The Morgan fingerprint density at radius 2 is 1.93 bits per heavy atom. The third-order valence-corrected chi connectivity index (χ3v) is 5.74. The molecule has 1 atom stereocenters. The van der Waals surface area contributed by atoms with Gasteiger partial charge in [0.2, 0.25) is 0 Å². The summed E-state index contributed by atoms with van der Waals surface area (Å²) in [6, 6.07) is 13.9. The standard InChI is InChI=1S/C23H25FN2O2S/c1-4-17(3)26(23(27)19-10-6-7-11-20(19)24)13-18-15-29-22(25-18)14-28-21-12-8-5-9-16(21)2/h5-12,15,17H,4,13-14H2,1-3H3/t17-/m1/s1. The molecule has 152 valence electrons. The summed E-state index contributed by atoms with van der Waals surface area (Å²) in [4.78, 5) is 19.3. The van der Waals surface area contributed by atoms with E-state index in [0.717, 1.165) is 28.4 Å². The minimum absolute atomic E-state index is 0.0320. The van der Waals surface area contributed by atoms with Crippen LogP contribution in [-0.2, 0) is 13.2 Å². The molecule has 3 rings (SSSR count). The summed E-state index contributed by atoms with van der Waals surface area (Å²) in [6.07, 6.45) is 0.771. The molecule has 29 heavy (non-hydrogen) atoms. The third-order valence-electron chi connectivity index (χ3n) is 4.86. The molecule has 1 amide bonds. The molecular weight excluding hydrogens is 387 g/mol. The number of carbonyl (C=O) groups is 1. The minimum atomic E-state index is -0.503. The van der Waals surface area contributed by atoms with Gasteiger partial charge in [0.25, 0.3) is 5.91 Å². The van der Waals surface area contributed by atoms with E-state index in [-0.39, 0.29) is 17.5 Å². The SMILES string of the molecule is CC[C@@H](C)N(Cc1csc(COc2ccccc2C)n1)C(=O)c1ccccc1F. The second kappa shape index (κ2) is 9.65. The topological polar surface area (TPSA) is 42.4 Å². The van der Waals surface area contributed by atoms with Crippen LogP contribution in [0.25, 0.3) is 0 Å². The van der Waals surface area contributed by atoms with Gasteiger partial charge in [-0.05, 0) is 44.0 Å². The van der Waals surface area contributed by atoms with Crippen molar-refractivity contribution < 1.29 is 13.9 Å². The van der Waals surface area contributed by atoms with Crippen molar-refractivity contribution in [3.8, 4) is 5.75 Å². The van der Waals surface area contributed by atoms with Crippen molar-refractivity contribution in [3.63, 3.8) is 0 Å². The Morgan fingerprint density at radius 3 is 2.66 bits per heavy atom. The average Bonchev–Trinajstić information content (AvgIpc) is 3.18. The van der Waals surface area contributed by atoms with Crippen molar-refractivity contribution in [1.29, 1.82) is 0 Å². The fourth-order valence-electron chi connectivity index (χ4n) is 2.96. The van der Waals surface area contributed by atoms with Crippen LogP contribution in [-0.4, -0.2) is 21.8 Å². The molecule has 2 aromatic carbocycles. The Morgan fingerprint density at radius 1 is 1.21 bits per heavy atom. The van der Waals surface area contributed by atoms with Gasteiger partial charge in [0.05, 0.1) is 17.8 Å². The normalized spacial score (nSPS) is 11.9. The molecule has 0 fully saturated rings. The van der Waals surface area contributed by atoms with Crippen molar-refractivity contribution in [2.45, 2.75) is 46.4 Å². The molecule has 1 heterocycles. The summed E-state index contributed by atoms with van der Waals surface area (Å²) < 4.78 is 20.0. The minimum Gasteiger partial charge on any atom is -0.486 e. The number of aryl methyl sites for hydroxylation is 1. The number of para-hydroxylation sites is 1. The van der Waals surface area contributed by atoms with Gasteiger partial charge >= 0.3 is 0 Å². The summed E-state index contributed by atoms with van der Waals surface area (Å²) in [6.45, 7) is 6.69. The van der Waals surface area contributed by atoms with Crippen LogP contribution in [0.5, 0.6) is 5.75 Å². The van der Waals surface area contributed by atoms with Crippen LogP contribution >= 0.6 is 11.3 Å². The number of carbonyl (C=O) groups excluding carboxylic acids is 1. The molecule has 1 aromatic heterocycles. The predicted molar refractivity (Wildman–Crippen MR) is 114 cm³/mol. The van der Waals surface area contributed by atoms with Crippen molar-refractivity contribution in [2.24, 2.45) is 0 Å². The Kier molecular flexibility index (Phi) is 6.99. The average molecular weight is 413 g/mol. The maximum Gasteiger partial charge on any atom is 0.257 e. The molecule has 3 aromatic rings. The molecule has 0 aliphatic heterocycles. The number of halogens is 1. The molecule has 6 heteroatoms. The van der Waals surface area contributed by atoms with E-state index in [0.29, 0.717) is 13.2 Å². The summed E-state index contributed by atoms with van der Waals surface area (Å²) in [7, 11) is 0. The molecule has 0 spiro atoms. The highest BCUT2D eigenvalue weighted by Gasteiger charge is 2.24. The zero-order valence-corrected chi connectivity index (χ0v) is 17.7. The Bertz CT molecular complexity index is 973. The first-order valence-electron chi connectivity index (χ1n) is 9.66. The highest BCUT2D eigenvalue weighted by molar-refractivity contribution is 7.09. The number of nitrogens with zero attached hydrogens (tertiary/aromatic N) is 2. The smallest absolute Gasteiger partial charge is 0.257 e. The highest BCUT2D eigenvalue weighted by Crippen LogP contribution is 2.21. The first-order valence-corrected chi connectivity index (χ1v) is 10.5. The Balaban J connectivity index is 1.71. The van der Waals surface area contributed by atoms with Gasteiger partial charge in [-0.2, -0.15) is 0 Å². The third kappa shape index (κ3) is 5.21. The largest absolute Gasteiger partial charge is 0.486 e. The fraction of sp³-hybridized carbons (Fsp3) is 0.304. The van der Waals surface area contributed by atoms with Crippen molar-refractivity contribution >= 4 is 17.2 Å². The molecule has 0 saturated heterocycles. The first kappa shape index (κ1) is 21.0. The van der Waals surface area contributed by atoms with E-state index in [2.05, 4.69) is 4.98 Å². The van der Waals surface area contributed by atoms with Crippen LogP contribution in [0, 0.1) is 12.7 Å². The number of aromatic nitrogens is 1. The van der Waals surface area contributed by atoms with Gasteiger partial charge in [-0.1, -0.05) is 37.3 Å². The second-order valence-electron chi connectivity index (χ2n) is 6.96. The number of hydrogen-bond acceptors (Lipinski definition) is 4. The number of amides is 1. The number of benzene rings is 2. The summed E-state index contributed by atoms with van der Waals surface area (Å²) in [5, 5.41) is 2.77. The molecule has 0 aliphatic carbocycles. The number of hydrogen-bond donors (Lipinski definition) is 0. The van der Waals surface area contributed by atoms with Gasteiger partial charge in [-0.15, -0.1) is 11.3 Å². The molecule has 0 N–H and O–H groups in total. The molecule has 0 saturated carbocycles. The Hall–Kier alpha value is -2.73. The van der Waals surface area contributed by atoms with Crippen LogP contribution in [0.4, 0.5) is 4.39 Å². The molecule has 0 radical (unpaired) electrons.